The van der Waals surface area contributed by atoms with Crippen molar-refractivity contribution >= 4 is 108 Å². The molecule has 0 bridgehead atoms. The summed E-state index contributed by atoms with van der Waals surface area (Å²) >= 11 is 8.20. The van der Waals surface area contributed by atoms with Gasteiger partial charge in [-0.2, -0.15) is 0 Å². The number of imide groups is 1. The fourth-order valence-electron chi connectivity index (χ4n) is 9.05. The van der Waals surface area contributed by atoms with Crippen LogP contribution in [0.3, 0.4) is 0 Å². The lowest BCUT2D eigenvalue weighted by molar-refractivity contribution is -0.136. The number of thiophene rings is 1. The Hall–Kier alpha value is -6.49. The Morgan fingerprint density at radius 3 is 2.24 bits per heavy atom. The molecule has 0 saturated carbocycles. The number of anilines is 3. The topological polar surface area (TPSA) is 191 Å². The Morgan fingerprint density at radius 2 is 1.54 bits per heavy atom. The summed E-state index contributed by atoms with van der Waals surface area (Å²) < 4.78 is 1.02. The third kappa shape index (κ3) is 8.05. The maximum atomic E-state index is 14.5. The molecule has 5 N–H and O–H groups in total. The molecule has 6 amide bonds. The first-order valence-corrected chi connectivity index (χ1v) is 22.3. The molecule has 0 spiro atoms. The van der Waals surface area contributed by atoms with Gasteiger partial charge in [-0.15, -0.1) is 22.9 Å². The first-order chi connectivity index (χ1) is 30.4. The Morgan fingerprint density at radius 1 is 0.857 bits per heavy atom. The van der Waals surface area contributed by atoms with Gasteiger partial charge in [0.15, 0.2) is 0 Å². The number of carbonyl (C=O) groups excluding carboxylic acids is 5. The number of rotatable bonds is 12. The van der Waals surface area contributed by atoms with Crippen molar-refractivity contribution in [1.29, 1.82) is 0 Å². The highest BCUT2D eigenvalue weighted by Gasteiger charge is 2.39. The number of fused-ring (bicyclic) bond motifs is 5. The van der Waals surface area contributed by atoms with E-state index in [0.29, 0.717) is 86.1 Å². The van der Waals surface area contributed by atoms with Crippen LogP contribution in [0.25, 0.3) is 31.9 Å². The van der Waals surface area contributed by atoms with Crippen LogP contribution in [0.15, 0.2) is 72.1 Å². The van der Waals surface area contributed by atoms with Gasteiger partial charge in [0.1, 0.15) is 11.4 Å². The minimum Gasteiger partial charge on any atom is -0.465 e. The average molecular weight is 889 g/mol. The molecule has 3 aliphatic rings. The van der Waals surface area contributed by atoms with Gasteiger partial charge in [-0.3, -0.25) is 33.8 Å². The van der Waals surface area contributed by atoms with Gasteiger partial charge in [-0.25, -0.2) is 4.79 Å². The standard InChI is InChI=1S/C46H45ClN8O7S/c1-25-24-63-43-31(37-23-52(2)14-15-53(37)46(61)62)20-36-42(41(25)43)28(21-47)22-55(36)45(60)35-19-27-17-30(8-10-33(27)51-35)49-44(59)34-18-26-16-29(7-9-32(26)50-34)48-38(56)6-4-3-5-13-54-39(57)11-12-40(54)58/h7-12,16-20,24,28,37,50-51H,3-6,13-15,21-23H2,1-2H3,(H,48,56)(H,49,59)(H,61,62)/t28-,37?/m1/s1. The first-order valence-electron chi connectivity index (χ1n) is 20.9. The lowest BCUT2D eigenvalue weighted by atomic mass is 9.92. The number of halogens is 1. The normalized spacial score (nSPS) is 17.7. The van der Waals surface area contributed by atoms with E-state index in [9.17, 15) is 33.9 Å². The fraction of sp³-hybridized carbons (Fsp3) is 0.304. The molecule has 6 heterocycles. The minimum atomic E-state index is -0.970. The number of H-pyrrole nitrogens is 2. The number of alkyl halides is 1. The Labute approximate surface area is 370 Å². The van der Waals surface area contributed by atoms with Crippen LogP contribution >= 0.6 is 22.9 Å². The second-order valence-corrected chi connectivity index (χ2v) is 17.7. The number of carbonyl (C=O) groups is 6. The summed E-state index contributed by atoms with van der Waals surface area (Å²) in [5.41, 5.74) is 6.95. The molecule has 6 aromatic rings. The number of hydrogen-bond acceptors (Lipinski definition) is 8. The molecule has 3 aromatic heterocycles. The molecular formula is C46H45ClN8O7S. The van der Waals surface area contributed by atoms with E-state index >= 15 is 0 Å². The van der Waals surface area contributed by atoms with Crippen molar-refractivity contribution in [3.63, 3.8) is 0 Å². The molecule has 3 aromatic carbocycles. The van der Waals surface area contributed by atoms with Crippen LogP contribution in [0.5, 0.6) is 0 Å². The number of piperazine rings is 1. The molecule has 2 atom stereocenters. The summed E-state index contributed by atoms with van der Waals surface area (Å²) in [6.07, 6.45) is 3.76. The van der Waals surface area contributed by atoms with Crippen LogP contribution in [0, 0.1) is 6.92 Å². The molecule has 324 valence electrons. The molecule has 63 heavy (non-hydrogen) atoms. The van der Waals surface area contributed by atoms with Crippen molar-refractivity contribution in [2.75, 3.05) is 61.2 Å². The number of nitrogens with zero attached hydrogens (tertiary/aromatic N) is 4. The highest BCUT2D eigenvalue weighted by molar-refractivity contribution is 7.17. The Kier molecular flexibility index (Phi) is 11.3. The Bertz CT molecular complexity index is 2880. The van der Waals surface area contributed by atoms with E-state index in [1.165, 1.54) is 22.0 Å². The van der Waals surface area contributed by atoms with Crippen molar-refractivity contribution < 1.29 is 33.9 Å². The number of aromatic nitrogens is 2. The van der Waals surface area contributed by atoms with Gasteiger partial charge in [0, 0.05) is 112 Å². The largest absolute Gasteiger partial charge is 0.465 e. The smallest absolute Gasteiger partial charge is 0.407 e. The van der Waals surface area contributed by atoms with Crippen molar-refractivity contribution in [2.24, 2.45) is 0 Å². The number of amides is 6. The van der Waals surface area contributed by atoms with E-state index in [1.54, 1.807) is 58.7 Å². The number of carboxylic acid groups (broad SMARTS) is 1. The van der Waals surface area contributed by atoms with Crippen LogP contribution in [0.2, 0.25) is 0 Å². The van der Waals surface area contributed by atoms with Gasteiger partial charge in [0.2, 0.25) is 5.91 Å². The first kappa shape index (κ1) is 41.8. The predicted molar refractivity (Wildman–Crippen MR) is 244 cm³/mol. The molecule has 17 heteroatoms. The van der Waals surface area contributed by atoms with E-state index in [4.69, 9.17) is 11.6 Å². The number of aryl methyl sites for hydroxylation is 1. The monoisotopic (exact) mass is 888 g/mol. The summed E-state index contributed by atoms with van der Waals surface area (Å²) in [4.78, 5) is 89.5. The zero-order valence-electron chi connectivity index (χ0n) is 34.6. The van der Waals surface area contributed by atoms with Gasteiger partial charge in [0.25, 0.3) is 23.6 Å². The van der Waals surface area contributed by atoms with Gasteiger partial charge in [-0.1, -0.05) is 6.42 Å². The van der Waals surface area contributed by atoms with Crippen molar-refractivity contribution in [1.82, 2.24) is 24.7 Å². The summed E-state index contributed by atoms with van der Waals surface area (Å²) in [5.74, 6) is -1.18. The maximum absolute atomic E-state index is 14.5. The number of nitrogens with one attached hydrogen (secondary N) is 4. The second kappa shape index (κ2) is 17.0. The summed E-state index contributed by atoms with van der Waals surface area (Å²) in [7, 11) is 1.99. The quantitative estimate of drug-likeness (QED) is 0.0467. The molecule has 3 aliphatic heterocycles. The number of benzene rings is 3. The van der Waals surface area contributed by atoms with Gasteiger partial charge in [-0.05, 0) is 103 Å². The Balaban J connectivity index is 0.878. The zero-order valence-corrected chi connectivity index (χ0v) is 36.2. The van der Waals surface area contributed by atoms with Crippen molar-refractivity contribution in [3.05, 3.63) is 100 Å². The van der Waals surface area contributed by atoms with Crippen LogP contribution in [-0.2, 0) is 14.4 Å². The van der Waals surface area contributed by atoms with E-state index in [1.807, 2.05) is 26.1 Å². The van der Waals surface area contributed by atoms with Crippen LogP contribution in [0.1, 0.15) is 75.3 Å². The molecule has 15 nitrogen and oxygen atoms in total. The molecule has 1 saturated heterocycles. The summed E-state index contributed by atoms with van der Waals surface area (Å²) in [5, 5.41) is 20.6. The van der Waals surface area contributed by atoms with Crippen LogP contribution in [-0.4, -0.2) is 111 Å². The van der Waals surface area contributed by atoms with Crippen LogP contribution in [0.4, 0.5) is 21.9 Å². The summed E-state index contributed by atoms with van der Waals surface area (Å²) in [6, 6.07) is 15.8. The average Bonchev–Trinajstić information content (AvgIpc) is 4.10. The molecule has 1 fully saturated rings. The molecule has 0 aliphatic carbocycles. The van der Waals surface area contributed by atoms with Crippen molar-refractivity contribution in [3.8, 4) is 0 Å². The van der Waals surface area contributed by atoms with E-state index < -0.39 is 12.1 Å². The maximum Gasteiger partial charge on any atom is 0.407 e. The highest BCUT2D eigenvalue weighted by Crippen LogP contribution is 2.49. The second-order valence-electron chi connectivity index (χ2n) is 16.5. The number of aromatic amines is 2. The predicted octanol–water partition coefficient (Wildman–Crippen LogP) is 7.80. The van der Waals surface area contributed by atoms with E-state index in [2.05, 4.69) is 30.9 Å². The molecule has 1 unspecified atom stereocenters. The number of hydrogen-bond donors (Lipinski definition) is 5. The molecular weight excluding hydrogens is 844 g/mol. The SMILES string of the molecule is Cc1csc2c(C3CN(C)CCN3C(=O)O)cc3c(c12)[C@H](CCl)CN3C(=O)c1cc2cc(NC(=O)c3cc4cc(NC(=O)CCCCCN5C(=O)C=CC5=O)ccc4[nH]3)ccc2[nH]1. The van der Waals surface area contributed by atoms with Gasteiger partial charge < -0.3 is 35.5 Å². The van der Waals surface area contributed by atoms with Crippen molar-refractivity contribution in [2.45, 2.75) is 44.6 Å². The third-order valence-corrected chi connectivity index (χ3v) is 13.8. The highest BCUT2D eigenvalue weighted by atomic mass is 35.5. The number of likely N-dealkylation sites (N-methyl/N-ethyl adjacent to an activating group) is 1. The molecule has 0 radical (unpaired) electrons. The summed E-state index contributed by atoms with van der Waals surface area (Å²) in [6.45, 7) is 4.30. The third-order valence-electron chi connectivity index (χ3n) is 12.2. The van der Waals surface area contributed by atoms with Gasteiger partial charge in [0.05, 0.1) is 6.04 Å². The fourth-order valence-corrected chi connectivity index (χ4v) is 10.4. The van der Waals surface area contributed by atoms with Gasteiger partial charge >= 0.3 is 6.09 Å². The lowest BCUT2D eigenvalue weighted by Gasteiger charge is -2.39. The van der Waals surface area contributed by atoms with E-state index in [-0.39, 0.29) is 41.9 Å². The van der Waals surface area contributed by atoms with E-state index in [0.717, 1.165) is 48.8 Å². The number of unbranched alkanes of at least 4 members (excludes halogenated alkanes) is 2. The van der Waals surface area contributed by atoms with Crippen LogP contribution < -0.4 is 15.5 Å². The lowest BCUT2D eigenvalue weighted by Crippen LogP contribution is -2.48. The molecule has 9 rings (SSSR count). The zero-order chi connectivity index (χ0) is 44.1. The minimum absolute atomic E-state index is 0.116.